The summed E-state index contributed by atoms with van der Waals surface area (Å²) in [5, 5.41) is 2.80. The first kappa shape index (κ1) is 18.3. The maximum absolute atomic E-state index is 12.1. The second-order valence-electron chi connectivity index (χ2n) is 5.57. The van der Waals surface area contributed by atoms with Gasteiger partial charge in [-0.3, -0.25) is 9.10 Å². The molecule has 22 heavy (non-hydrogen) atoms. The Labute approximate surface area is 132 Å². The summed E-state index contributed by atoms with van der Waals surface area (Å²) in [4.78, 5) is 12.1. The Morgan fingerprint density at radius 1 is 1.32 bits per heavy atom. The molecule has 1 amide bonds. The molecule has 0 saturated carbocycles. The first-order valence-corrected chi connectivity index (χ1v) is 8.91. The van der Waals surface area contributed by atoms with Crippen LogP contribution in [-0.2, 0) is 14.8 Å². The predicted molar refractivity (Wildman–Crippen MR) is 87.6 cm³/mol. The van der Waals surface area contributed by atoms with E-state index in [-0.39, 0.29) is 24.4 Å². The molecule has 124 valence electrons. The van der Waals surface area contributed by atoms with Crippen molar-refractivity contribution in [2.24, 2.45) is 5.92 Å². The molecule has 0 aliphatic carbocycles. The SMILES string of the molecule is COc1cccc(N(CC(=O)NC(C)C(C)C)S(C)(=O)=O)c1. The summed E-state index contributed by atoms with van der Waals surface area (Å²) >= 11 is 0. The Balaban J connectivity index is 2.98. The van der Waals surface area contributed by atoms with E-state index in [1.165, 1.54) is 7.11 Å². The van der Waals surface area contributed by atoms with E-state index >= 15 is 0 Å². The summed E-state index contributed by atoms with van der Waals surface area (Å²) < 4.78 is 30.1. The normalized spacial score (nSPS) is 12.8. The highest BCUT2D eigenvalue weighted by molar-refractivity contribution is 7.92. The molecule has 1 aromatic rings. The quantitative estimate of drug-likeness (QED) is 0.825. The van der Waals surface area contributed by atoms with Crippen molar-refractivity contribution in [3.05, 3.63) is 24.3 Å². The lowest BCUT2D eigenvalue weighted by molar-refractivity contribution is -0.120. The average Bonchev–Trinajstić information content (AvgIpc) is 2.43. The fraction of sp³-hybridized carbons (Fsp3) is 0.533. The van der Waals surface area contributed by atoms with Crippen LogP contribution in [0.3, 0.4) is 0 Å². The largest absolute Gasteiger partial charge is 0.497 e. The predicted octanol–water partition coefficient (Wildman–Crippen LogP) is 1.62. The van der Waals surface area contributed by atoms with Crippen LogP contribution in [0.25, 0.3) is 0 Å². The highest BCUT2D eigenvalue weighted by Gasteiger charge is 2.22. The number of ether oxygens (including phenoxy) is 1. The van der Waals surface area contributed by atoms with Crippen LogP contribution in [0.1, 0.15) is 20.8 Å². The van der Waals surface area contributed by atoms with Crippen LogP contribution in [0.2, 0.25) is 0 Å². The fourth-order valence-corrected chi connectivity index (χ4v) is 2.61. The molecule has 1 N–H and O–H groups in total. The molecule has 0 spiro atoms. The number of carbonyl (C=O) groups excluding carboxylic acids is 1. The Bertz CT molecular complexity index is 614. The third-order valence-electron chi connectivity index (χ3n) is 3.42. The zero-order valence-corrected chi connectivity index (χ0v) is 14.5. The molecule has 0 fully saturated rings. The smallest absolute Gasteiger partial charge is 0.240 e. The highest BCUT2D eigenvalue weighted by Crippen LogP contribution is 2.22. The van der Waals surface area contributed by atoms with Gasteiger partial charge in [0.15, 0.2) is 0 Å². The average molecular weight is 328 g/mol. The lowest BCUT2D eigenvalue weighted by atomic mass is 10.1. The first-order chi connectivity index (χ1) is 10.1. The Morgan fingerprint density at radius 3 is 2.45 bits per heavy atom. The van der Waals surface area contributed by atoms with Crippen molar-refractivity contribution >= 4 is 21.6 Å². The molecule has 1 aromatic carbocycles. The molecular weight excluding hydrogens is 304 g/mol. The van der Waals surface area contributed by atoms with Gasteiger partial charge in [-0.25, -0.2) is 8.42 Å². The topological polar surface area (TPSA) is 75.7 Å². The van der Waals surface area contributed by atoms with E-state index in [0.717, 1.165) is 10.6 Å². The summed E-state index contributed by atoms with van der Waals surface area (Å²) in [6, 6.07) is 6.58. The molecule has 6 nitrogen and oxygen atoms in total. The lowest BCUT2D eigenvalue weighted by Gasteiger charge is -2.24. The van der Waals surface area contributed by atoms with E-state index in [1.807, 2.05) is 20.8 Å². The Hall–Kier alpha value is -1.76. The zero-order valence-electron chi connectivity index (χ0n) is 13.7. The van der Waals surface area contributed by atoms with Crippen molar-refractivity contribution in [2.45, 2.75) is 26.8 Å². The summed E-state index contributed by atoms with van der Waals surface area (Å²) in [5.41, 5.74) is 0.397. The number of anilines is 1. The van der Waals surface area contributed by atoms with Crippen molar-refractivity contribution in [2.75, 3.05) is 24.2 Å². The van der Waals surface area contributed by atoms with Gasteiger partial charge in [-0.2, -0.15) is 0 Å². The van der Waals surface area contributed by atoms with Gasteiger partial charge in [-0.1, -0.05) is 19.9 Å². The van der Waals surface area contributed by atoms with Gasteiger partial charge in [0.2, 0.25) is 15.9 Å². The van der Waals surface area contributed by atoms with E-state index in [2.05, 4.69) is 5.32 Å². The second kappa shape index (κ2) is 7.49. The second-order valence-corrected chi connectivity index (χ2v) is 7.48. The molecule has 1 rings (SSSR count). The van der Waals surface area contributed by atoms with Crippen molar-refractivity contribution in [1.29, 1.82) is 0 Å². The van der Waals surface area contributed by atoms with Crippen LogP contribution >= 0.6 is 0 Å². The molecule has 0 bridgehead atoms. The van der Waals surface area contributed by atoms with Crippen molar-refractivity contribution in [3.63, 3.8) is 0 Å². The van der Waals surface area contributed by atoms with E-state index in [0.29, 0.717) is 11.4 Å². The van der Waals surface area contributed by atoms with Crippen molar-refractivity contribution < 1.29 is 17.9 Å². The summed E-state index contributed by atoms with van der Waals surface area (Å²) in [6.45, 7) is 5.60. The van der Waals surface area contributed by atoms with Crippen LogP contribution in [-0.4, -0.2) is 40.3 Å². The molecule has 0 heterocycles. The van der Waals surface area contributed by atoms with Crippen LogP contribution < -0.4 is 14.4 Å². The minimum Gasteiger partial charge on any atom is -0.497 e. The third kappa shape index (κ3) is 5.22. The fourth-order valence-electron chi connectivity index (χ4n) is 1.76. The molecule has 0 aromatic heterocycles. The molecule has 1 unspecified atom stereocenters. The minimum atomic E-state index is -3.58. The molecule has 0 aliphatic rings. The summed E-state index contributed by atoms with van der Waals surface area (Å²) in [7, 11) is -2.08. The molecule has 1 atom stereocenters. The number of methoxy groups -OCH3 is 1. The standard InChI is InChI=1S/C15H24N2O4S/c1-11(2)12(3)16-15(18)10-17(22(5,19)20)13-7-6-8-14(9-13)21-4/h6-9,11-12H,10H2,1-5H3,(H,16,18). The van der Waals surface area contributed by atoms with Crippen LogP contribution in [0.15, 0.2) is 24.3 Å². The third-order valence-corrected chi connectivity index (χ3v) is 4.56. The van der Waals surface area contributed by atoms with E-state index < -0.39 is 10.0 Å². The highest BCUT2D eigenvalue weighted by atomic mass is 32.2. The van der Waals surface area contributed by atoms with Gasteiger partial charge in [0.1, 0.15) is 12.3 Å². The Kier molecular flexibility index (Phi) is 6.22. The van der Waals surface area contributed by atoms with E-state index in [1.54, 1.807) is 24.3 Å². The van der Waals surface area contributed by atoms with Gasteiger partial charge in [0, 0.05) is 12.1 Å². The number of hydrogen-bond acceptors (Lipinski definition) is 4. The number of nitrogens with one attached hydrogen (secondary N) is 1. The van der Waals surface area contributed by atoms with Crippen LogP contribution in [0, 0.1) is 5.92 Å². The van der Waals surface area contributed by atoms with Gasteiger partial charge >= 0.3 is 0 Å². The zero-order chi connectivity index (χ0) is 16.9. The van der Waals surface area contributed by atoms with Gasteiger partial charge in [0.05, 0.1) is 19.1 Å². The van der Waals surface area contributed by atoms with Crippen molar-refractivity contribution in [3.8, 4) is 5.75 Å². The van der Waals surface area contributed by atoms with Crippen LogP contribution in [0.5, 0.6) is 5.75 Å². The monoisotopic (exact) mass is 328 g/mol. The van der Waals surface area contributed by atoms with Gasteiger partial charge in [0.25, 0.3) is 0 Å². The lowest BCUT2D eigenvalue weighted by Crippen LogP contribution is -2.44. The Morgan fingerprint density at radius 2 is 1.95 bits per heavy atom. The minimum absolute atomic E-state index is 0.0285. The number of hydrogen-bond donors (Lipinski definition) is 1. The maximum atomic E-state index is 12.1. The number of benzene rings is 1. The number of amides is 1. The van der Waals surface area contributed by atoms with E-state index in [9.17, 15) is 13.2 Å². The number of rotatable bonds is 7. The van der Waals surface area contributed by atoms with Gasteiger partial charge < -0.3 is 10.1 Å². The maximum Gasteiger partial charge on any atom is 0.240 e. The number of nitrogens with zero attached hydrogens (tertiary/aromatic N) is 1. The summed E-state index contributed by atoms with van der Waals surface area (Å²) in [6.07, 6.45) is 1.08. The molecular formula is C15H24N2O4S. The van der Waals surface area contributed by atoms with Gasteiger partial charge in [-0.15, -0.1) is 0 Å². The molecule has 0 radical (unpaired) electrons. The molecule has 0 aliphatic heterocycles. The van der Waals surface area contributed by atoms with E-state index in [4.69, 9.17) is 4.74 Å². The summed E-state index contributed by atoms with van der Waals surface area (Å²) in [5.74, 6) is 0.462. The first-order valence-electron chi connectivity index (χ1n) is 7.06. The van der Waals surface area contributed by atoms with Gasteiger partial charge in [-0.05, 0) is 25.0 Å². The van der Waals surface area contributed by atoms with Crippen molar-refractivity contribution in [1.82, 2.24) is 5.32 Å². The number of sulfonamides is 1. The van der Waals surface area contributed by atoms with Crippen LogP contribution in [0.4, 0.5) is 5.69 Å². The molecule has 0 saturated heterocycles. The molecule has 7 heteroatoms. The number of carbonyl (C=O) groups is 1.